The minimum absolute atomic E-state index is 0.197. The van der Waals surface area contributed by atoms with E-state index in [1.165, 1.54) is 19.3 Å². The molecule has 2 unspecified atom stereocenters. The largest absolute Gasteiger partial charge is 0.465 e. The summed E-state index contributed by atoms with van der Waals surface area (Å²) in [5.41, 5.74) is -1.34. The number of methoxy groups -OCH3 is 2. The number of hydrogen-bond acceptors (Lipinski definition) is 7. The SMILES string of the molecule is COC(=O)C1=C(C(=O)OC)C2(c3ccccc3)C(=O)NCC(C)N2O1. The molecule has 0 radical (unpaired) electrons. The van der Waals surface area contributed by atoms with E-state index in [2.05, 4.69) is 5.32 Å². The average Bonchev–Trinajstić information content (AvgIpc) is 3.02. The molecule has 1 N–H and O–H groups in total. The standard InChI is InChI=1S/C17H18N2O6/c1-10-9-18-16(22)17(11-7-5-4-6-8-11)12(14(20)23-2)13(15(21)24-3)25-19(10)17/h4-8,10H,9H2,1-3H3,(H,18,22). The second kappa shape index (κ2) is 6.21. The number of benzene rings is 1. The lowest BCUT2D eigenvalue weighted by molar-refractivity contribution is -0.205. The van der Waals surface area contributed by atoms with Crippen LogP contribution in [-0.4, -0.2) is 49.7 Å². The molecule has 1 fully saturated rings. The van der Waals surface area contributed by atoms with Crippen LogP contribution in [0.15, 0.2) is 41.7 Å². The quantitative estimate of drug-likeness (QED) is 0.784. The van der Waals surface area contributed by atoms with Crippen LogP contribution < -0.4 is 5.32 Å². The summed E-state index contributed by atoms with van der Waals surface area (Å²) in [5, 5.41) is 4.14. The first kappa shape index (κ1) is 17.0. The molecular weight excluding hydrogens is 328 g/mol. The molecule has 2 aliphatic heterocycles. The Bertz CT molecular complexity index is 760. The number of hydrogen-bond donors (Lipinski definition) is 1. The second-order valence-corrected chi connectivity index (χ2v) is 5.74. The summed E-state index contributed by atoms with van der Waals surface area (Å²) >= 11 is 0. The highest BCUT2D eigenvalue weighted by atomic mass is 16.7. The lowest BCUT2D eigenvalue weighted by Gasteiger charge is -2.43. The van der Waals surface area contributed by atoms with E-state index in [-0.39, 0.29) is 17.4 Å². The van der Waals surface area contributed by atoms with E-state index < -0.39 is 23.4 Å². The van der Waals surface area contributed by atoms with E-state index in [1.807, 2.05) is 6.92 Å². The number of fused-ring (bicyclic) bond motifs is 1. The first-order chi connectivity index (χ1) is 12.0. The Morgan fingerprint density at radius 2 is 1.84 bits per heavy atom. The van der Waals surface area contributed by atoms with Gasteiger partial charge in [0.25, 0.3) is 5.91 Å². The van der Waals surface area contributed by atoms with Crippen LogP contribution in [0.2, 0.25) is 0 Å². The van der Waals surface area contributed by atoms with Crippen molar-refractivity contribution in [1.82, 2.24) is 10.4 Å². The van der Waals surface area contributed by atoms with Gasteiger partial charge in [-0.05, 0) is 12.5 Å². The van der Waals surface area contributed by atoms with Gasteiger partial charge in [-0.25, -0.2) is 9.59 Å². The molecule has 1 amide bonds. The molecule has 0 saturated carbocycles. The predicted molar refractivity (Wildman–Crippen MR) is 84.6 cm³/mol. The normalized spacial score (nSPS) is 25.7. The molecule has 2 atom stereocenters. The molecule has 0 bridgehead atoms. The van der Waals surface area contributed by atoms with E-state index in [1.54, 1.807) is 30.3 Å². The van der Waals surface area contributed by atoms with Gasteiger partial charge in [0.05, 0.1) is 20.3 Å². The third kappa shape index (κ3) is 2.29. The molecule has 8 heteroatoms. The minimum Gasteiger partial charge on any atom is -0.465 e. The zero-order valence-electron chi connectivity index (χ0n) is 14.1. The molecule has 0 spiro atoms. The Morgan fingerprint density at radius 1 is 1.20 bits per heavy atom. The van der Waals surface area contributed by atoms with Crippen molar-refractivity contribution in [2.24, 2.45) is 0 Å². The van der Waals surface area contributed by atoms with Crippen molar-refractivity contribution in [1.29, 1.82) is 0 Å². The summed E-state index contributed by atoms with van der Waals surface area (Å²) in [5.74, 6) is -2.51. The van der Waals surface area contributed by atoms with E-state index >= 15 is 0 Å². The van der Waals surface area contributed by atoms with Crippen LogP contribution in [0, 0.1) is 0 Å². The van der Waals surface area contributed by atoms with Crippen LogP contribution in [0.1, 0.15) is 12.5 Å². The van der Waals surface area contributed by atoms with Gasteiger partial charge in [-0.3, -0.25) is 4.79 Å². The summed E-state index contributed by atoms with van der Waals surface area (Å²) in [6.45, 7) is 2.11. The molecule has 1 aromatic rings. The van der Waals surface area contributed by atoms with Gasteiger partial charge in [0.1, 0.15) is 5.57 Å². The maximum atomic E-state index is 13.0. The molecule has 8 nitrogen and oxygen atoms in total. The Labute approximate surface area is 144 Å². The average molecular weight is 346 g/mol. The number of carbonyl (C=O) groups excluding carboxylic acids is 3. The van der Waals surface area contributed by atoms with E-state index in [9.17, 15) is 14.4 Å². The zero-order valence-corrected chi connectivity index (χ0v) is 14.1. The molecular formula is C17H18N2O6. The lowest BCUT2D eigenvalue weighted by Crippen LogP contribution is -2.65. The molecule has 25 heavy (non-hydrogen) atoms. The van der Waals surface area contributed by atoms with Gasteiger partial charge in [0, 0.05) is 6.54 Å². The number of rotatable bonds is 3. The summed E-state index contributed by atoms with van der Waals surface area (Å²) in [7, 11) is 2.35. The molecule has 2 aliphatic rings. The van der Waals surface area contributed by atoms with Gasteiger partial charge in [-0.1, -0.05) is 30.3 Å². The first-order valence-electron chi connectivity index (χ1n) is 7.71. The van der Waals surface area contributed by atoms with Crippen LogP contribution in [-0.2, 0) is 34.2 Å². The summed E-state index contributed by atoms with van der Waals surface area (Å²) in [6.07, 6.45) is 0. The molecule has 0 aromatic heterocycles. The molecule has 1 aromatic carbocycles. The molecule has 0 aliphatic carbocycles. The van der Waals surface area contributed by atoms with Crippen LogP contribution in [0.4, 0.5) is 0 Å². The monoisotopic (exact) mass is 346 g/mol. The number of hydroxylamine groups is 2. The van der Waals surface area contributed by atoms with Crippen molar-refractivity contribution in [2.45, 2.75) is 18.5 Å². The fourth-order valence-corrected chi connectivity index (χ4v) is 3.23. The van der Waals surface area contributed by atoms with Gasteiger partial charge in [0.2, 0.25) is 5.76 Å². The van der Waals surface area contributed by atoms with Crippen molar-refractivity contribution >= 4 is 17.8 Å². The number of nitrogens with zero attached hydrogens (tertiary/aromatic N) is 1. The topological polar surface area (TPSA) is 94.2 Å². The van der Waals surface area contributed by atoms with Crippen LogP contribution in [0.25, 0.3) is 0 Å². The number of amides is 1. The molecule has 1 saturated heterocycles. The van der Waals surface area contributed by atoms with Crippen molar-refractivity contribution in [3.05, 3.63) is 47.2 Å². The van der Waals surface area contributed by atoms with Gasteiger partial charge in [0.15, 0.2) is 5.54 Å². The van der Waals surface area contributed by atoms with Gasteiger partial charge in [-0.15, -0.1) is 5.06 Å². The van der Waals surface area contributed by atoms with Crippen molar-refractivity contribution < 1.29 is 28.7 Å². The smallest absolute Gasteiger partial charge is 0.376 e. The van der Waals surface area contributed by atoms with Crippen molar-refractivity contribution in [2.75, 3.05) is 20.8 Å². The predicted octanol–water partition coefficient (Wildman–Crippen LogP) is 0.247. The maximum Gasteiger partial charge on any atom is 0.376 e. The first-order valence-corrected chi connectivity index (χ1v) is 7.71. The number of ether oxygens (including phenoxy) is 2. The molecule has 132 valence electrons. The molecule has 2 heterocycles. The number of nitrogens with one attached hydrogen (secondary N) is 1. The zero-order chi connectivity index (χ0) is 18.2. The van der Waals surface area contributed by atoms with Crippen molar-refractivity contribution in [3.63, 3.8) is 0 Å². The summed E-state index contributed by atoms with van der Waals surface area (Å²) in [6, 6.07) is 8.33. The Balaban J connectivity index is 2.34. The maximum absolute atomic E-state index is 13.0. The van der Waals surface area contributed by atoms with Gasteiger partial charge >= 0.3 is 11.9 Å². The van der Waals surface area contributed by atoms with Crippen LogP contribution in [0.3, 0.4) is 0 Å². The summed E-state index contributed by atoms with van der Waals surface area (Å²) in [4.78, 5) is 43.4. The lowest BCUT2D eigenvalue weighted by atomic mass is 9.79. The number of carbonyl (C=O) groups is 3. The van der Waals surface area contributed by atoms with Gasteiger partial charge in [-0.2, -0.15) is 0 Å². The third-order valence-corrected chi connectivity index (χ3v) is 4.35. The Hall–Kier alpha value is -2.87. The van der Waals surface area contributed by atoms with E-state index in [4.69, 9.17) is 14.3 Å². The second-order valence-electron chi connectivity index (χ2n) is 5.74. The van der Waals surface area contributed by atoms with Gasteiger partial charge < -0.3 is 19.6 Å². The fraction of sp³-hybridized carbons (Fsp3) is 0.353. The summed E-state index contributed by atoms with van der Waals surface area (Å²) < 4.78 is 9.58. The van der Waals surface area contributed by atoms with Crippen molar-refractivity contribution in [3.8, 4) is 0 Å². The minimum atomic E-state index is -1.63. The Morgan fingerprint density at radius 3 is 2.44 bits per heavy atom. The third-order valence-electron chi connectivity index (χ3n) is 4.35. The van der Waals surface area contributed by atoms with Crippen LogP contribution >= 0.6 is 0 Å². The van der Waals surface area contributed by atoms with Crippen LogP contribution in [0.5, 0.6) is 0 Å². The molecule has 3 rings (SSSR count). The fourth-order valence-electron chi connectivity index (χ4n) is 3.23. The Kier molecular flexibility index (Phi) is 4.22. The highest BCUT2D eigenvalue weighted by molar-refractivity contribution is 6.09. The number of piperazine rings is 1. The van der Waals surface area contributed by atoms with E-state index in [0.717, 1.165) is 0 Å². The highest BCUT2D eigenvalue weighted by Gasteiger charge is 2.64. The number of esters is 2. The van der Waals surface area contributed by atoms with E-state index in [0.29, 0.717) is 12.1 Å². The highest BCUT2D eigenvalue weighted by Crippen LogP contribution is 2.47.